The van der Waals surface area contributed by atoms with E-state index in [1.807, 2.05) is 18.2 Å². The summed E-state index contributed by atoms with van der Waals surface area (Å²) in [4.78, 5) is 8.21. The first-order chi connectivity index (χ1) is 9.75. The highest BCUT2D eigenvalue weighted by molar-refractivity contribution is 5.33. The van der Waals surface area contributed by atoms with Gasteiger partial charge in [0.2, 0.25) is 5.88 Å². The van der Waals surface area contributed by atoms with Crippen molar-refractivity contribution < 1.29 is 18.9 Å². The summed E-state index contributed by atoms with van der Waals surface area (Å²) in [6, 6.07) is 9.30. The minimum Gasteiger partial charge on any atom is -0.497 e. The molecule has 2 aromatic rings. The van der Waals surface area contributed by atoms with Crippen LogP contribution in [0.25, 0.3) is 0 Å². The fraction of sp³-hybridized carbons (Fsp3) is 0.286. The third kappa shape index (κ3) is 3.50. The number of benzene rings is 1. The Morgan fingerprint density at radius 3 is 2.40 bits per heavy atom. The van der Waals surface area contributed by atoms with E-state index < -0.39 is 0 Å². The quantitative estimate of drug-likeness (QED) is 0.805. The van der Waals surface area contributed by atoms with Crippen LogP contribution in [0.3, 0.4) is 0 Å². The van der Waals surface area contributed by atoms with Gasteiger partial charge in [-0.3, -0.25) is 0 Å². The van der Waals surface area contributed by atoms with Crippen molar-refractivity contribution in [1.29, 1.82) is 0 Å². The van der Waals surface area contributed by atoms with Crippen molar-refractivity contribution in [3.8, 4) is 23.4 Å². The lowest BCUT2D eigenvalue weighted by Gasteiger charge is -2.09. The van der Waals surface area contributed by atoms with Gasteiger partial charge in [0, 0.05) is 12.1 Å². The second-order valence-corrected chi connectivity index (χ2v) is 3.86. The Labute approximate surface area is 117 Å². The molecule has 0 radical (unpaired) electrons. The van der Waals surface area contributed by atoms with E-state index in [2.05, 4.69) is 9.97 Å². The smallest absolute Gasteiger partial charge is 0.319 e. The molecule has 6 heteroatoms. The molecule has 0 unspecified atom stereocenters. The molecule has 1 aromatic carbocycles. The van der Waals surface area contributed by atoms with Crippen molar-refractivity contribution in [2.24, 2.45) is 0 Å². The van der Waals surface area contributed by atoms with E-state index in [0.717, 1.165) is 5.75 Å². The van der Waals surface area contributed by atoms with Crippen LogP contribution >= 0.6 is 0 Å². The predicted molar refractivity (Wildman–Crippen MR) is 72.5 cm³/mol. The first-order valence-corrected chi connectivity index (χ1v) is 5.98. The van der Waals surface area contributed by atoms with Crippen LogP contribution in [0.15, 0.2) is 30.3 Å². The maximum atomic E-state index is 5.65. The lowest BCUT2D eigenvalue weighted by molar-refractivity contribution is 0.290. The minimum absolute atomic E-state index is 0.244. The van der Waals surface area contributed by atoms with Crippen LogP contribution < -0.4 is 18.9 Å². The fourth-order valence-electron chi connectivity index (χ4n) is 1.57. The zero-order valence-corrected chi connectivity index (χ0v) is 11.6. The highest BCUT2D eigenvalue weighted by Gasteiger charge is 2.06. The molecule has 0 aliphatic carbocycles. The molecule has 106 valence electrons. The van der Waals surface area contributed by atoms with Gasteiger partial charge in [-0.1, -0.05) is 6.07 Å². The van der Waals surface area contributed by atoms with E-state index in [-0.39, 0.29) is 12.6 Å². The van der Waals surface area contributed by atoms with E-state index in [0.29, 0.717) is 17.3 Å². The van der Waals surface area contributed by atoms with Crippen molar-refractivity contribution >= 4 is 0 Å². The third-order valence-electron chi connectivity index (χ3n) is 2.55. The normalized spacial score (nSPS) is 9.95. The molecule has 20 heavy (non-hydrogen) atoms. The molecule has 0 fully saturated rings. The fourth-order valence-corrected chi connectivity index (χ4v) is 1.57. The summed E-state index contributed by atoms with van der Waals surface area (Å²) in [6.45, 7) is 0.280. The Balaban J connectivity index is 2.09. The standard InChI is InChI=1S/C14H16N2O4/c1-17-11-5-4-6-12(8-11)20-9-10-7-13(18-2)16-14(15-10)19-3/h4-8H,9H2,1-3H3. The topological polar surface area (TPSA) is 62.7 Å². The summed E-state index contributed by atoms with van der Waals surface area (Å²) in [7, 11) is 4.65. The summed E-state index contributed by atoms with van der Waals surface area (Å²) in [5.74, 6) is 1.86. The SMILES string of the molecule is COc1cccc(OCc2cc(OC)nc(OC)n2)c1. The van der Waals surface area contributed by atoms with Crippen molar-refractivity contribution in [1.82, 2.24) is 9.97 Å². The average molecular weight is 276 g/mol. The highest BCUT2D eigenvalue weighted by atomic mass is 16.5. The maximum Gasteiger partial charge on any atom is 0.319 e. The molecule has 0 saturated heterocycles. The molecular weight excluding hydrogens is 260 g/mol. The molecular formula is C14H16N2O4. The molecule has 0 amide bonds. The Kier molecular flexibility index (Phi) is 4.60. The van der Waals surface area contributed by atoms with E-state index in [1.54, 1.807) is 19.2 Å². The molecule has 1 aromatic heterocycles. The van der Waals surface area contributed by atoms with Gasteiger partial charge in [-0.25, -0.2) is 0 Å². The lowest BCUT2D eigenvalue weighted by Crippen LogP contribution is -2.03. The van der Waals surface area contributed by atoms with Crippen LogP contribution in [-0.2, 0) is 6.61 Å². The monoisotopic (exact) mass is 276 g/mol. The lowest BCUT2D eigenvalue weighted by atomic mass is 10.3. The van der Waals surface area contributed by atoms with Crippen LogP contribution in [0.4, 0.5) is 0 Å². The molecule has 6 nitrogen and oxygen atoms in total. The Bertz CT molecular complexity index is 553. The van der Waals surface area contributed by atoms with Crippen molar-refractivity contribution in [2.45, 2.75) is 6.61 Å². The van der Waals surface area contributed by atoms with Crippen molar-refractivity contribution in [3.63, 3.8) is 0 Å². The number of ether oxygens (including phenoxy) is 4. The van der Waals surface area contributed by atoms with Crippen LogP contribution in [-0.4, -0.2) is 31.3 Å². The van der Waals surface area contributed by atoms with Crippen LogP contribution in [0.5, 0.6) is 23.4 Å². The first-order valence-electron chi connectivity index (χ1n) is 5.98. The van der Waals surface area contributed by atoms with Gasteiger partial charge in [-0.05, 0) is 12.1 Å². The molecule has 0 aliphatic heterocycles. The number of rotatable bonds is 6. The second kappa shape index (κ2) is 6.60. The summed E-state index contributed by atoms with van der Waals surface area (Å²) in [6.07, 6.45) is 0. The maximum absolute atomic E-state index is 5.65. The van der Waals surface area contributed by atoms with E-state index >= 15 is 0 Å². The predicted octanol–water partition coefficient (Wildman–Crippen LogP) is 2.08. The molecule has 0 N–H and O–H groups in total. The van der Waals surface area contributed by atoms with E-state index in [1.165, 1.54) is 14.2 Å². The Morgan fingerprint density at radius 1 is 0.900 bits per heavy atom. The Morgan fingerprint density at radius 2 is 1.70 bits per heavy atom. The summed E-state index contributed by atoms with van der Waals surface area (Å²) < 4.78 is 20.9. The van der Waals surface area contributed by atoms with Gasteiger partial charge in [-0.2, -0.15) is 9.97 Å². The molecule has 0 saturated carbocycles. The zero-order chi connectivity index (χ0) is 14.4. The molecule has 0 spiro atoms. The first kappa shape index (κ1) is 13.9. The van der Waals surface area contributed by atoms with Crippen molar-refractivity contribution in [3.05, 3.63) is 36.0 Å². The average Bonchev–Trinajstić information content (AvgIpc) is 2.52. The molecule has 1 heterocycles. The molecule has 0 atom stereocenters. The summed E-state index contributed by atoms with van der Waals surface area (Å²) >= 11 is 0. The highest BCUT2D eigenvalue weighted by Crippen LogP contribution is 2.20. The van der Waals surface area contributed by atoms with Crippen LogP contribution in [0.1, 0.15) is 5.69 Å². The summed E-state index contributed by atoms with van der Waals surface area (Å²) in [5.41, 5.74) is 0.663. The number of methoxy groups -OCH3 is 3. The second-order valence-electron chi connectivity index (χ2n) is 3.86. The van der Waals surface area contributed by atoms with Crippen LogP contribution in [0, 0.1) is 0 Å². The van der Waals surface area contributed by atoms with Gasteiger partial charge in [-0.15, -0.1) is 0 Å². The molecule has 0 bridgehead atoms. The zero-order valence-electron chi connectivity index (χ0n) is 11.6. The van der Waals surface area contributed by atoms with E-state index in [9.17, 15) is 0 Å². The number of hydrogen-bond donors (Lipinski definition) is 0. The van der Waals surface area contributed by atoms with Crippen LogP contribution in [0.2, 0.25) is 0 Å². The number of aromatic nitrogens is 2. The number of hydrogen-bond acceptors (Lipinski definition) is 6. The van der Waals surface area contributed by atoms with Gasteiger partial charge < -0.3 is 18.9 Å². The number of nitrogens with zero attached hydrogens (tertiary/aromatic N) is 2. The molecule has 2 rings (SSSR count). The van der Waals surface area contributed by atoms with E-state index in [4.69, 9.17) is 18.9 Å². The van der Waals surface area contributed by atoms with Gasteiger partial charge in [0.15, 0.2) is 0 Å². The summed E-state index contributed by atoms with van der Waals surface area (Å²) in [5, 5.41) is 0. The third-order valence-corrected chi connectivity index (χ3v) is 2.55. The Hall–Kier alpha value is -2.50. The minimum atomic E-state index is 0.244. The van der Waals surface area contributed by atoms with Gasteiger partial charge in [0.1, 0.15) is 18.1 Å². The molecule has 0 aliphatic rings. The van der Waals surface area contributed by atoms with Gasteiger partial charge >= 0.3 is 6.01 Å². The van der Waals surface area contributed by atoms with Gasteiger partial charge in [0.25, 0.3) is 0 Å². The largest absolute Gasteiger partial charge is 0.497 e. The van der Waals surface area contributed by atoms with Gasteiger partial charge in [0.05, 0.1) is 27.0 Å². The van der Waals surface area contributed by atoms with Crippen molar-refractivity contribution in [2.75, 3.05) is 21.3 Å².